The molecule has 1 amide bonds. The molecule has 2 aromatic heterocycles. The van der Waals surface area contributed by atoms with Crippen LogP contribution in [-0.4, -0.2) is 44.7 Å². The van der Waals surface area contributed by atoms with E-state index in [1.807, 2.05) is 0 Å². The maximum absolute atomic E-state index is 14.5. The topological polar surface area (TPSA) is 120 Å². The molecule has 1 aliphatic carbocycles. The Kier molecular flexibility index (Phi) is 6.10. The van der Waals surface area contributed by atoms with Gasteiger partial charge in [0.05, 0.1) is 31.1 Å². The highest BCUT2D eigenvalue weighted by Crippen LogP contribution is 2.30. The first-order valence-corrected chi connectivity index (χ1v) is 11.3. The summed E-state index contributed by atoms with van der Waals surface area (Å²) in [6.07, 6.45) is 6.53. The summed E-state index contributed by atoms with van der Waals surface area (Å²) in [5.74, 6) is 1.09. The fourth-order valence-corrected chi connectivity index (χ4v) is 4.39. The molecule has 1 aromatic carbocycles. The number of carbonyl (C=O) groups is 1. The molecule has 2 aliphatic rings. The third kappa shape index (κ3) is 4.56. The number of nitrogens with zero attached hydrogens (tertiary/aromatic N) is 4. The molecule has 1 fully saturated rings. The van der Waals surface area contributed by atoms with Crippen LogP contribution in [0, 0.1) is 11.7 Å². The van der Waals surface area contributed by atoms with E-state index >= 15 is 0 Å². The number of ether oxygens (including phenoxy) is 2. The van der Waals surface area contributed by atoms with Crippen molar-refractivity contribution in [2.45, 2.75) is 38.3 Å². The van der Waals surface area contributed by atoms with E-state index in [9.17, 15) is 14.0 Å². The molecule has 178 valence electrons. The van der Waals surface area contributed by atoms with Crippen LogP contribution >= 0.6 is 0 Å². The SMILES string of the molecule is Cn1c(=O)cnc2ccc(F)c(OCC3CCC(NCc4ncc5c(n4)NC(=O)CO5)CC3)c21. The number of amides is 1. The number of hydrogen-bond acceptors (Lipinski definition) is 8. The van der Waals surface area contributed by atoms with Crippen LogP contribution in [0.15, 0.2) is 29.3 Å². The van der Waals surface area contributed by atoms with E-state index in [1.54, 1.807) is 19.3 Å². The smallest absolute Gasteiger partial charge is 0.269 e. The second-order valence-electron chi connectivity index (χ2n) is 8.65. The summed E-state index contributed by atoms with van der Waals surface area (Å²) >= 11 is 0. The van der Waals surface area contributed by atoms with Gasteiger partial charge in [-0.15, -0.1) is 0 Å². The molecule has 1 aliphatic heterocycles. The molecule has 2 N–H and O–H groups in total. The Labute approximate surface area is 194 Å². The summed E-state index contributed by atoms with van der Waals surface area (Å²) < 4.78 is 27.1. The first kappa shape index (κ1) is 22.2. The van der Waals surface area contributed by atoms with Gasteiger partial charge in [-0.2, -0.15) is 0 Å². The third-order valence-electron chi connectivity index (χ3n) is 6.32. The monoisotopic (exact) mass is 468 g/mol. The normalized spacial score (nSPS) is 19.9. The number of hydrogen-bond donors (Lipinski definition) is 2. The lowest BCUT2D eigenvalue weighted by Crippen LogP contribution is -2.34. The predicted octanol–water partition coefficient (Wildman–Crippen LogP) is 1.92. The van der Waals surface area contributed by atoms with Gasteiger partial charge in [0.2, 0.25) is 0 Å². The van der Waals surface area contributed by atoms with Crippen LogP contribution in [0.1, 0.15) is 31.5 Å². The van der Waals surface area contributed by atoms with Gasteiger partial charge in [0.25, 0.3) is 11.5 Å². The molecule has 3 heterocycles. The van der Waals surface area contributed by atoms with Crippen molar-refractivity contribution in [3.05, 3.63) is 46.5 Å². The number of fused-ring (bicyclic) bond motifs is 2. The fraction of sp³-hybridized carbons (Fsp3) is 0.435. The van der Waals surface area contributed by atoms with E-state index < -0.39 is 5.82 Å². The lowest BCUT2D eigenvalue weighted by molar-refractivity contribution is -0.118. The standard InChI is InChI=1S/C23H25FN6O4/c1-30-20(32)10-26-16-7-6-15(24)22(21(16)30)34-11-13-2-4-14(5-3-13)25-9-18-27-8-17-23(28-18)29-19(31)12-33-17/h6-8,10,13-14,25H,2-5,9,11-12H2,1H3,(H,27,28,29,31). The highest BCUT2D eigenvalue weighted by atomic mass is 19.1. The number of rotatable bonds is 6. The molecular formula is C23H25FN6O4. The average Bonchev–Trinajstić information content (AvgIpc) is 2.85. The molecule has 0 bridgehead atoms. The van der Waals surface area contributed by atoms with Gasteiger partial charge in [0, 0.05) is 13.1 Å². The zero-order valence-electron chi connectivity index (χ0n) is 18.7. The Morgan fingerprint density at radius 3 is 2.85 bits per heavy atom. The summed E-state index contributed by atoms with van der Waals surface area (Å²) in [7, 11) is 1.59. The summed E-state index contributed by atoms with van der Waals surface area (Å²) in [5.41, 5.74) is 0.573. The second-order valence-corrected chi connectivity index (χ2v) is 8.65. The fourth-order valence-electron chi connectivity index (χ4n) is 4.39. The van der Waals surface area contributed by atoms with Crippen molar-refractivity contribution in [3.8, 4) is 11.5 Å². The van der Waals surface area contributed by atoms with Gasteiger partial charge in [-0.05, 0) is 43.7 Å². The summed E-state index contributed by atoms with van der Waals surface area (Å²) in [5, 5.41) is 6.16. The molecule has 5 rings (SSSR count). The first-order chi connectivity index (χ1) is 16.5. The quantitative estimate of drug-likeness (QED) is 0.563. The number of carbonyl (C=O) groups excluding carboxylic acids is 1. The zero-order chi connectivity index (χ0) is 23.7. The van der Waals surface area contributed by atoms with E-state index in [1.165, 1.54) is 16.8 Å². The summed E-state index contributed by atoms with van der Waals surface area (Å²) in [6.45, 7) is 0.833. The van der Waals surface area contributed by atoms with Crippen molar-refractivity contribution in [3.63, 3.8) is 0 Å². The maximum atomic E-state index is 14.5. The molecule has 10 nitrogen and oxygen atoms in total. The van der Waals surface area contributed by atoms with Gasteiger partial charge in [0.15, 0.2) is 29.7 Å². The lowest BCUT2D eigenvalue weighted by Gasteiger charge is -2.29. The third-order valence-corrected chi connectivity index (χ3v) is 6.32. The van der Waals surface area contributed by atoms with Gasteiger partial charge in [-0.25, -0.2) is 19.3 Å². The number of halogens is 1. The van der Waals surface area contributed by atoms with Crippen LogP contribution in [0.25, 0.3) is 11.0 Å². The van der Waals surface area contributed by atoms with E-state index in [0.717, 1.165) is 25.7 Å². The molecule has 0 saturated heterocycles. The minimum absolute atomic E-state index is 0.0247. The molecule has 0 atom stereocenters. The van der Waals surface area contributed by atoms with E-state index in [2.05, 4.69) is 25.6 Å². The molecule has 3 aromatic rings. The van der Waals surface area contributed by atoms with Gasteiger partial charge in [0.1, 0.15) is 11.3 Å². The summed E-state index contributed by atoms with van der Waals surface area (Å²) in [4.78, 5) is 36.2. The van der Waals surface area contributed by atoms with Crippen molar-refractivity contribution in [2.24, 2.45) is 13.0 Å². The van der Waals surface area contributed by atoms with Crippen molar-refractivity contribution in [1.29, 1.82) is 0 Å². The van der Waals surface area contributed by atoms with Crippen LogP contribution in [0.3, 0.4) is 0 Å². The minimum Gasteiger partial charge on any atom is -0.488 e. The first-order valence-electron chi connectivity index (χ1n) is 11.3. The predicted molar refractivity (Wildman–Crippen MR) is 121 cm³/mol. The largest absolute Gasteiger partial charge is 0.488 e. The number of benzene rings is 1. The molecular weight excluding hydrogens is 443 g/mol. The second kappa shape index (κ2) is 9.34. The highest BCUT2D eigenvalue weighted by Gasteiger charge is 2.24. The number of aromatic nitrogens is 4. The number of nitrogens with one attached hydrogen (secondary N) is 2. The van der Waals surface area contributed by atoms with Gasteiger partial charge < -0.3 is 24.7 Å². The van der Waals surface area contributed by atoms with E-state index in [0.29, 0.717) is 47.6 Å². The molecule has 34 heavy (non-hydrogen) atoms. The Morgan fingerprint density at radius 1 is 1.21 bits per heavy atom. The van der Waals surface area contributed by atoms with Crippen LogP contribution in [0.5, 0.6) is 11.5 Å². The molecule has 0 radical (unpaired) electrons. The van der Waals surface area contributed by atoms with Crippen molar-refractivity contribution in [1.82, 2.24) is 24.8 Å². The van der Waals surface area contributed by atoms with E-state index in [4.69, 9.17) is 9.47 Å². The van der Waals surface area contributed by atoms with Crippen molar-refractivity contribution >= 4 is 22.8 Å². The van der Waals surface area contributed by atoms with Crippen LogP contribution in [-0.2, 0) is 18.4 Å². The van der Waals surface area contributed by atoms with Crippen LogP contribution < -0.4 is 25.7 Å². The lowest BCUT2D eigenvalue weighted by atomic mass is 9.86. The van der Waals surface area contributed by atoms with Crippen LogP contribution in [0.2, 0.25) is 0 Å². The number of anilines is 1. The van der Waals surface area contributed by atoms with Gasteiger partial charge >= 0.3 is 0 Å². The molecule has 11 heteroatoms. The molecule has 0 spiro atoms. The van der Waals surface area contributed by atoms with Gasteiger partial charge in [-0.3, -0.25) is 9.59 Å². The highest BCUT2D eigenvalue weighted by molar-refractivity contribution is 5.94. The summed E-state index contributed by atoms with van der Waals surface area (Å²) in [6, 6.07) is 3.17. The Hall–Kier alpha value is -3.60. The Morgan fingerprint density at radius 2 is 2.03 bits per heavy atom. The maximum Gasteiger partial charge on any atom is 0.269 e. The Bertz CT molecular complexity index is 1290. The van der Waals surface area contributed by atoms with Crippen molar-refractivity contribution < 1.29 is 18.7 Å². The molecule has 1 saturated carbocycles. The Balaban J connectivity index is 1.15. The van der Waals surface area contributed by atoms with Crippen LogP contribution in [0.4, 0.5) is 10.2 Å². The molecule has 0 unspecified atom stereocenters. The van der Waals surface area contributed by atoms with E-state index in [-0.39, 0.29) is 29.7 Å². The number of aryl methyl sites for hydroxylation is 1. The van der Waals surface area contributed by atoms with Gasteiger partial charge in [-0.1, -0.05) is 0 Å². The van der Waals surface area contributed by atoms with Crippen molar-refractivity contribution in [2.75, 3.05) is 18.5 Å². The zero-order valence-corrected chi connectivity index (χ0v) is 18.7. The minimum atomic E-state index is -0.502. The average molecular weight is 468 g/mol.